The number of rotatable bonds is 2. The molecule has 110 valence electrons. The fourth-order valence-corrected chi connectivity index (χ4v) is 2.70. The van der Waals surface area contributed by atoms with Crippen molar-refractivity contribution < 1.29 is 28.6 Å². The van der Waals surface area contributed by atoms with Crippen molar-refractivity contribution in [1.82, 2.24) is 4.90 Å². The van der Waals surface area contributed by atoms with E-state index in [1.54, 1.807) is 6.08 Å². The standard InChI is InChI=1S/C13H17NO6/c1-7(15)14-9(12(16)18-2)6-8-4-5-10(13(17)19-3)20-11(8)14/h5,8-9,11H,4,6H2,1-3H3/t8-,9+,11-/m0/s1. The van der Waals surface area contributed by atoms with Crippen LogP contribution >= 0.6 is 0 Å². The van der Waals surface area contributed by atoms with Gasteiger partial charge in [-0.15, -0.1) is 0 Å². The van der Waals surface area contributed by atoms with Crippen LogP contribution in [0.3, 0.4) is 0 Å². The first-order valence-corrected chi connectivity index (χ1v) is 6.31. The largest absolute Gasteiger partial charge is 0.467 e. The predicted octanol–water partition coefficient (Wildman–Crippen LogP) is 0.200. The highest BCUT2D eigenvalue weighted by Crippen LogP contribution is 2.38. The number of nitrogens with zero attached hydrogens (tertiary/aromatic N) is 1. The summed E-state index contributed by atoms with van der Waals surface area (Å²) in [6, 6.07) is -0.669. The molecule has 2 aliphatic heterocycles. The minimum Gasteiger partial charge on any atom is -0.467 e. The van der Waals surface area contributed by atoms with Crippen LogP contribution in [0.1, 0.15) is 19.8 Å². The number of hydrogen-bond donors (Lipinski definition) is 0. The Hall–Kier alpha value is -2.05. The van der Waals surface area contributed by atoms with E-state index in [-0.39, 0.29) is 17.6 Å². The van der Waals surface area contributed by atoms with E-state index >= 15 is 0 Å². The molecule has 1 amide bonds. The van der Waals surface area contributed by atoms with Crippen LogP contribution in [0, 0.1) is 5.92 Å². The highest BCUT2D eigenvalue weighted by atomic mass is 16.6. The van der Waals surface area contributed by atoms with Gasteiger partial charge in [0.25, 0.3) is 0 Å². The van der Waals surface area contributed by atoms with E-state index in [0.717, 1.165) is 0 Å². The molecule has 2 aliphatic rings. The number of fused-ring (bicyclic) bond motifs is 1. The molecular weight excluding hydrogens is 266 g/mol. The number of ether oxygens (including phenoxy) is 3. The van der Waals surface area contributed by atoms with Crippen molar-refractivity contribution in [2.75, 3.05) is 14.2 Å². The van der Waals surface area contributed by atoms with Crippen LogP contribution in [-0.2, 0) is 28.6 Å². The van der Waals surface area contributed by atoms with Crippen molar-refractivity contribution in [1.29, 1.82) is 0 Å². The molecule has 0 unspecified atom stereocenters. The average molecular weight is 283 g/mol. The lowest BCUT2D eigenvalue weighted by molar-refractivity contribution is -0.160. The Morgan fingerprint density at radius 1 is 1.30 bits per heavy atom. The van der Waals surface area contributed by atoms with Gasteiger partial charge in [-0.2, -0.15) is 0 Å². The van der Waals surface area contributed by atoms with Crippen LogP contribution < -0.4 is 0 Å². The maximum atomic E-state index is 11.8. The van der Waals surface area contributed by atoms with Gasteiger partial charge in [0.1, 0.15) is 6.04 Å². The molecule has 7 nitrogen and oxygen atoms in total. The number of amides is 1. The first-order valence-electron chi connectivity index (χ1n) is 6.31. The third-order valence-corrected chi connectivity index (χ3v) is 3.62. The van der Waals surface area contributed by atoms with Crippen molar-refractivity contribution >= 4 is 17.8 Å². The minimum absolute atomic E-state index is 0.0311. The summed E-state index contributed by atoms with van der Waals surface area (Å²) in [4.78, 5) is 36.4. The fourth-order valence-electron chi connectivity index (χ4n) is 2.70. The predicted molar refractivity (Wildman–Crippen MR) is 66.0 cm³/mol. The Morgan fingerprint density at radius 2 is 2.00 bits per heavy atom. The number of allylic oxidation sites excluding steroid dienone is 1. The summed E-state index contributed by atoms with van der Waals surface area (Å²) < 4.78 is 14.9. The number of methoxy groups -OCH3 is 2. The highest BCUT2D eigenvalue weighted by molar-refractivity contribution is 5.87. The van der Waals surface area contributed by atoms with Gasteiger partial charge in [-0.3, -0.25) is 9.69 Å². The van der Waals surface area contributed by atoms with Crippen molar-refractivity contribution in [2.45, 2.75) is 32.0 Å². The molecule has 0 saturated carbocycles. The fraction of sp³-hybridized carbons (Fsp3) is 0.615. The number of esters is 2. The van der Waals surface area contributed by atoms with Gasteiger partial charge in [0.05, 0.1) is 14.2 Å². The minimum atomic E-state index is -0.669. The average Bonchev–Trinajstić information content (AvgIpc) is 2.83. The molecule has 0 bridgehead atoms. The summed E-state index contributed by atoms with van der Waals surface area (Å²) in [5.41, 5.74) is 0. The molecule has 0 aromatic heterocycles. The van der Waals surface area contributed by atoms with E-state index in [0.29, 0.717) is 12.8 Å². The lowest BCUT2D eigenvalue weighted by Crippen LogP contribution is -2.46. The first kappa shape index (κ1) is 14.4. The maximum absolute atomic E-state index is 11.8. The molecule has 2 heterocycles. The van der Waals surface area contributed by atoms with Gasteiger partial charge in [0.15, 0.2) is 6.23 Å². The molecule has 3 atom stereocenters. The SMILES string of the molecule is COC(=O)C1=CC[C@H]2C[C@H](C(=O)OC)N(C(C)=O)[C@H]2O1. The van der Waals surface area contributed by atoms with Crippen LogP contribution in [0.15, 0.2) is 11.8 Å². The van der Waals surface area contributed by atoms with Gasteiger partial charge in [0, 0.05) is 12.8 Å². The van der Waals surface area contributed by atoms with Crippen molar-refractivity contribution in [3.8, 4) is 0 Å². The van der Waals surface area contributed by atoms with E-state index < -0.39 is 24.2 Å². The lowest BCUT2D eigenvalue weighted by atomic mass is 9.98. The second-order valence-corrected chi connectivity index (χ2v) is 4.77. The van der Waals surface area contributed by atoms with Crippen LogP contribution in [-0.4, -0.2) is 49.2 Å². The van der Waals surface area contributed by atoms with Crippen LogP contribution in [0.5, 0.6) is 0 Å². The first-order chi connectivity index (χ1) is 9.49. The van der Waals surface area contributed by atoms with E-state index in [4.69, 9.17) is 9.47 Å². The molecule has 0 spiro atoms. The zero-order valence-corrected chi connectivity index (χ0v) is 11.6. The molecule has 1 fully saturated rings. The Morgan fingerprint density at radius 3 is 2.55 bits per heavy atom. The van der Waals surface area contributed by atoms with Gasteiger partial charge >= 0.3 is 11.9 Å². The van der Waals surface area contributed by atoms with Crippen LogP contribution in [0.25, 0.3) is 0 Å². The van der Waals surface area contributed by atoms with Crippen molar-refractivity contribution in [3.63, 3.8) is 0 Å². The highest BCUT2D eigenvalue weighted by Gasteiger charge is 2.49. The van der Waals surface area contributed by atoms with Gasteiger partial charge < -0.3 is 14.2 Å². The zero-order valence-electron chi connectivity index (χ0n) is 11.6. The molecule has 0 aliphatic carbocycles. The van der Waals surface area contributed by atoms with Gasteiger partial charge in [-0.25, -0.2) is 9.59 Å². The molecule has 7 heteroatoms. The summed E-state index contributed by atoms with van der Waals surface area (Å²) >= 11 is 0. The third kappa shape index (κ3) is 2.35. The summed E-state index contributed by atoms with van der Waals surface area (Å²) in [5.74, 6) is -1.31. The van der Waals surface area contributed by atoms with Crippen molar-refractivity contribution in [3.05, 3.63) is 11.8 Å². The Kier molecular flexibility index (Phi) is 3.96. The number of likely N-dealkylation sites (tertiary alicyclic amines) is 1. The van der Waals surface area contributed by atoms with E-state index in [1.807, 2.05) is 0 Å². The van der Waals surface area contributed by atoms with E-state index in [9.17, 15) is 14.4 Å². The second-order valence-electron chi connectivity index (χ2n) is 4.77. The topological polar surface area (TPSA) is 82.1 Å². The Labute approximate surface area is 116 Å². The summed E-state index contributed by atoms with van der Waals surface area (Å²) in [6.45, 7) is 1.36. The number of carbonyl (C=O) groups excluding carboxylic acids is 3. The third-order valence-electron chi connectivity index (χ3n) is 3.62. The van der Waals surface area contributed by atoms with Crippen molar-refractivity contribution in [2.24, 2.45) is 5.92 Å². The van der Waals surface area contributed by atoms with E-state index in [1.165, 1.54) is 26.0 Å². The molecule has 20 heavy (non-hydrogen) atoms. The molecular formula is C13H17NO6. The Bertz CT molecular complexity index is 471. The molecule has 0 aromatic rings. The summed E-state index contributed by atoms with van der Waals surface area (Å²) in [5, 5.41) is 0. The van der Waals surface area contributed by atoms with Gasteiger partial charge in [0.2, 0.25) is 11.7 Å². The molecule has 1 saturated heterocycles. The zero-order chi connectivity index (χ0) is 14.9. The summed E-state index contributed by atoms with van der Waals surface area (Å²) in [6.07, 6.45) is 2.01. The normalized spacial score (nSPS) is 28.1. The number of carbonyl (C=O) groups is 3. The molecule has 0 aromatic carbocycles. The maximum Gasteiger partial charge on any atom is 0.373 e. The molecule has 0 radical (unpaired) electrons. The second kappa shape index (κ2) is 5.52. The lowest BCUT2D eigenvalue weighted by Gasteiger charge is -2.32. The number of hydrogen-bond acceptors (Lipinski definition) is 6. The molecule has 0 N–H and O–H groups in total. The quantitative estimate of drug-likeness (QED) is 0.673. The monoisotopic (exact) mass is 283 g/mol. The van der Waals surface area contributed by atoms with E-state index in [2.05, 4.69) is 4.74 Å². The van der Waals surface area contributed by atoms with Crippen LogP contribution in [0.2, 0.25) is 0 Å². The van der Waals surface area contributed by atoms with Gasteiger partial charge in [-0.05, 0) is 18.9 Å². The van der Waals surface area contributed by atoms with Gasteiger partial charge in [-0.1, -0.05) is 0 Å². The smallest absolute Gasteiger partial charge is 0.373 e. The Balaban J connectivity index is 2.22. The molecule has 2 rings (SSSR count). The summed E-state index contributed by atoms with van der Waals surface area (Å²) in [7, 11) is 2.54. The van der Waals surface area contributed by atoms with Crippen LogP contribution in [0.4, 0.5) is 0 Å².